The Balaban J connectivity index is 1.78. The molecule has 0 fully saturated rings. The van der Waals surface area contributed by atoms with Crippen LogP contribution in [0.3, 0.4) is 0 Å². The summed E-state index contributed by atoms with van der Waals surface area (Å²) in [7, 11) is 0. The fourth-order valence-electron chi connectivity index (χ4n) is 1.34. The smallest absolute Gasteiger partial charge is 0.168 e. The molecule has 0 aliphatic heterocycles. The Labute approximate surface area is 96.5 Å². The van der Waals surface area contributed by atoms with Crippen molar-refractivity contribution in [3.63, 3.8) is 0 Å². The minimum atomic E-state index is -0.689. The van der Waals surface area contributed by atoms with E-state index in [1.807, 2.05) is 0 Å². The van der Waals surface area contributed by atoms with Crippen LogP contribution in [-0.2, 0) is 6.54 Å². The zero-order valence-electron chi connectivity index (χ0n) is 8.98. The topological polar surface area (TPSA) is 55.6 Å². The van der Waals surface area contributed by atoms with Gasteiger partial charge in [-0.05, 0) is 6.42 Å². The number of aromatic nitrogens is 4. The van der Waals surface area contributed by atoms with E-state index in [9.17, 15) is 8.78 Å². The third kappa shape index (κ3) is 3.20. The molecule has 90 valence electrons. The molecular formula is C10H11F2N5. The molecule has 0 atom stereocenters. The van der Waals surface area contributed by atoms with E-state index in [0.717, 1.165) is 18.7 Å². The van der Waals surface area contributed by atoms with Gasteiger partial charge in [-0.25, -0.2) is 13.8 Å². The van der Waals surface area contributed by atoms with Crippen molar-refractivity contribution in [3.8, 4) is 0 Å². The summed E-state index contributed by atoms with van der Waals surface area (Å²) < 4.78 is 27.4. The highest BCUT2D eigenvalue weighted by molar-refractivity contribution is 5.35. The van der Waals surface area contributed by atoms with E-state index in [-0.39, 0.29) is 5.82 Å². The average Bonchev–Trinajstić information content (AvgIpc) is 2.79. The summed E-state index contributed by atoms with van der Waals surface area (Å²) in [5.41, 5.74) is 0. The van der Waals surface area contributed by atoms with Crippen LogP contribution >= 0.6 is 0 Å². The zero-order valence-corrected chi connectivity index (χ0v) is 8.98. The number of rotatable bonds is 5. The number of anilines is 1. The fraction of sp³-hybridized carbons (Fsp3) is 0.300. The van der Waals surface area contributed by atoms with Crippen LogP contribution in [0.5, 0.6) is 0 Å². The molecular weight excluding hydrogens is 228 g/mol. The first-order valence-corrected chi connectivity index (χ1v) is 5.15. The van der Waals surface area contributed by atoms with Crippen molar-refractivity contribution in [2.75, 3.05) is 11.9 Å². The Morgan fingerprint density at radius 3 is 2.94 bits per heavy atom. The molecule has 0 saturated heterocycles. The monoisotopic (exact) mass is 239 g/mol. The molecule has 2 heterocycles. The van der Waals surface area contributed by atoms with Gasteiger partial charge in [0.05, 0.1) is 12.4 Å². The van der Waals surface area contributed by atoms with Gasteiger partial charge in [0.15, 0.2) is 11.6 Å². The van der Waals surface area contributed by atoms with Crippen LogP contribution in [0, 0.1) is 11.6 Å². The van der Waals surface area contributed by atoms with E-state index < -0.39 is 11.6 Å². The summed E-state index contributed by atoms with van der Waals surface area (Å²) in [4.78, 5) is 3.62. The maximum absolute atomic E-state index is 13.2. The number of nitrogens with one attached hydrogen (secondary N) is 1. The zero-order chi connectivity index (χ0) is 12.1. The number of halogens is 2. The quantitative estimate of drug-likeness (QED) is 0.802. The Hall–Kier alpha value is -2.05. The molecule has 0 unspecified atom stereocenters. The lowest BCUT2D eigenvalue weighted by Crippen LogP contribution is -2.09. The summed E-state index contributed by atoms with van der Waals surface area (Å²) in [5, 5.41) is 10.2. The highest BCUT2D eigenvalue weighted by Crippen LogP contribution is 2.10. The van der Waals surface area contributed by atoms with E-state index in [0.29, 0.717) is 13.1 Å². The minimum absolute atomic E-state index is 0.0602. The molecule has 5 nitrogen and oxygen atoms in total. The molecule has 0 amide bonds. The molecule has 0 aromatic carbocycles. The van der Waals surface area contributed by atoms with Gasteiger partial charge in [0.2, 0.25) is 0 Å². The summed E-state index contributed by atoms with van der Waals surface area (Å²) >= 11 is 0. The molecule has 0 aliphatic carbocycles. The molecule has 17 heavy (non-hydrogen) atoms. The van der Waals surface area contributed by atoms with Crippen LogP contribution in [-0.4, -0.2) is 26.5 Å². The average molecular weight is 239 g/mol. The lowest BCUT2D eigenvalue weighted by atomic mass is 10.4. The lowest BCUT2D eigenvalue weighted by Gasteiger charge is -2.06. The minimum Gasteiger partial charge on any atom is -0.368 e. The first-order chi connectivity index (χ1) is 8.25. The molecule has 0 bridgehead atoms. The van der Waals surface area contributed by atoms with Crippen molar-refractivity contribution in [2.24, 2.45) is 0 Å². The van der Waals surface area contributed by atoms with E-state index in [1.54, 1.807) is 17.1 Å². The van der Waals surface area contributed by atoms with Gasteiger partial charge in [0.1, 0.15) is 5.82 Å². The Kier molecular flexibility index (Phi) is 3.59. The Morgan fingerprint density at radius 2 is 2.24 bits per heavy atom. The third-order valence-electron chi connectivity index (χ3n) is 2.14. The summed E-state index contributed by atoms with van der Waals surface area (Å²) in [5.74, 6) is -1.31. The van der Waals surface area contributed by atoms with Crippen LogP contribution in [0.25, 0.3) is 0 Å². The first kappa shape index (κ1) is 11.4. The van der Waals surface area contributed by atoms with Crippen molar-refractivity contribution in [3.05, 3.63) is 36.3 Å². The Morgan fingerprint density at radius 1 is 1.35 bits per heavy atom. The predicted molar refractivity (Wildman–Crippen MR) is 57.3 cm³/mol. The molecule has 0 radical (unpaired) electrons. The molecule has 2 aromatic heterocycles. The maximum atomic E-state index is 13.2. The third-order valence-corrected chi connectivity index (χ3v) is 2.14. The van der Waals surface area contributed by atoms with E-state index >= 15 is 0 Å². The normalized spacial score (nSPS) is 10.5. The number of pyridine rings is 1. The standard InChI is InChI=1S/C10H11F2N5/c11-8-6-9(12)10(14-7-8)13-2-1-4-17-5-3-15-16-17/h3,5-7H,1-2,4H2,(H,13,14). The van der Waals surface area contributed by atoms with Crippen LogP contribution in [0.15, 0.2) is 24.7 Å². The highest BCUT2D eigenvalue weighted by atomic mass is 19.1. The fourth-order valence-corrected chi connectivity index (χ4v) is 1.34. The van der Waals surface area contributed by atoms with Gasteiger partial charge in [-0.15, -0.1) is 5.10 Å². The predicted octanol–water partition coefficient (Wildman–Crippen LogP) is 1.45. The van der Waals surface area contributed by atoms with Gasteiger partial charge in [-0.3, -0.25) is 4.68 Å². The van der Waals surface area contributed by atoms with Crippen molar-refractivity contribution in [2.45, 2.75) is 13.0 Å². The van der Waals surface area contributed by atoms with Crippen molar-refractivity contribution < 1.29 is 8.78 Å². The van der Waals surface area contributed by atoms with Gasteiger partial charge >= 0.3 is 0 Å². The molecule has 0 saturated carbocycles. The largest absolute Gasteiger partial charge is 0.368 e. The van der Waals surface area contributed by atoms with Crippen LogP contribution in [0.4, 0.5) is 14.6 Å². The second-order valence-corrected chi connectivity index (χ2v) is 3.43. The van der Waals surface area contributed by atoms with E-state index in [1.165, 1.54) is 0 Å². The SMILES string of the molecule is Fc1cnc(NCCCn2ccnn2)c(F)c1. The number of hydrogen-bond donors (Lipinski definition) is 1. The van der Waals surface area contributed by atoms with Gasteiger partial charge in [-0.1, -0.05) is 5.21 Å². The Bertz CT molecular complexity index is 472. The number of aryl methyl sites for hydroxylation is 1. The van der Waals surface area contributed by atoms with Crippen LogP contribution in [0.1, 0.15) is 6.42 Å². The van der Waals surface area contributed by atoms with E-state index in [2.05, 4.69) is 20.6 Å². The molecule has 0 spiro atoms. The molecule has 2 aromatic rings. The summed E-state index contributed by atoms with van der Waals surface area (Å²) in [6, 6.07) is 0.798. The van der Waals surface area contributed by atoms with Crippen molar-refractivity contribution in [1.29, 1.82) is 0 Å². The second-order valence-electron chi connectivity index (χ2n) is 3.43. The van der Waals surface area contributed by atoms with Crippen LogP contribution < -0.4 is 5.32 Å². The van der Waals surface area contributed by atoms with Gasteiger partial charge in [-0.2, -0.15) is 0 Å². The maximum Gasteiger partial charge on any atom is 0.168 e. The van der Waals surface area contributed by atoms with Crippen molar-refractivity contribution in [1.82, 2.24) is 20.0 Å². The molecule has 7 heteroatoms. The number of nitrogens with zero attached hydrogens (tertiary/aromatic N) is 4. The van der Waals surface area contributed by atoms with Crippen LogP contribution in [0.2, 0.25) is 0 Å². The van der Waals surface area contributed by atoms with Crippen molar-refractivity contribution >= 4 is 5.82 Å². The lowest BCUT2D eigenvalue weighted by molar-refractivity contribution is 0.562. The molecule has 1 N–H and O–H groups in total. The molecule has 0 aliphatic rings. The second kappa shape index (κ2) is 5.33. The summed E-state index contributed by atoms with van der Waals surface area (Å²) in [6.07, 6.45) is 5.05. The highest BCUT2D eigenvalue weighted by Gasteiger charge is 2.04. The number of hydrogen-bond acceptors (Lipinski definition) is 4. The van der Waals surface area contributed by atoms with Gasteiger partial charge in [0, 0.05) is 25.4 Å². The summed E-state index contributed by atoms with van der Waals surface area (Å²) in [6.45, 7) is 1.20. The van der Waals surface area contributed by atoms with Gasteiger partial charge in [0.25, 0.3) is 0 Å². The van der Waals surface area contributed by atoms with Gasteiger partial charge < -0.3 is 5.32 Å². The first-order valence-electron chi connectivity index (χ1n) is 5.15. The molecule has 2 rings (SSSR count). The van der Waals surface area contributed by atoms with E-state index in [4.69, 9.17) is 0 Å².